The maximum absolute atomic E-state index is 11.2. The van der Waals surface area contributed by atoms with Gasteiger partial charge in [0.25, 0.3) is 0 Å². The maximum atomic E-state index is 11.2. The number of hydrogen-bond acceptors (Lipinski definition) is 4. The van der Waals surface area contributed by atoms with Crippen LogP contribution >= 0.6 is 11.3 Å². The molecule has 0 aliphatic rings. The fourth-order valence-corrected chi connectivity index (χ4v) is 2.46. The van der Waals surface area contributed by atoms with E-state index in [1.807, 2.05) is 29.3 Å². The van der Waals surface area contributed by atoms with Gasteiger partial charge in [-0.1, -0.05) is 6.07 Å². The first-order valence-corrected chi connectivity index (χ1v) is 6.56. The normalized spacial score (nSPS) is 10.3. The number of aromatic carboxylic acids is 1. The van der Waals surface area contributed by atoms with Gasteiger partial charge in [0.15, 0.2) is 0 Å². The van der Waals surface area contributed by atoms with Crippen LogP contribution in [0.1, 0.15) is 22.2 Å². The number of thiophene rings is 1. The molecule has 0 fully saturated rings. The summed E-state index contributed by atoms with van der Waals surface area (Å²) in [4.78, 5) is 18.5. The highest BCUT2D eigenvalue weighted by atomic mass is 32.1. The molecule has 5 heteroatoms. The Morgan fingerprint density at radius 2 is 2.28 bits per heavy atom. The lowest BCUT2D eigenvalue weighted by molar-refractivity contribution is 0.0697. The largest absolute Gasteiger partial charge is 0.478 e. The van der Waals surface area contributed by atoms with E-state index in [9.17, 15) is 9.90 Å². The van der Waals surface area contributed by atoms with E-state index in [4.69, 9.17) is 0 Å². The second-order valence-electron chi connectivity index (χ2n) is 3.77. The third-order valence-corrected chi connectivity index (χ3v) is 3.49. The van der Waals surface area contributed by atoms with E-state index < -0.39 is 5.97 Å². The van der Waals surface area contributed by atoms with Gasteiger partial charge in [-0.2, -0.15) is 0 Å². The molecule has 0 aromatic carbocycles. The predicted octanol–water partition coefficient (Wildman–Crippen LogP) is 2.87. The average molecular weight is 262 g/mol. The van der Waals surface area contributed by atoms with Crippen molar-refractivity contribution in [2.24, 2.45) is 0 Å². The van der Waals surface area contributed by atoms with Gasteiger partial charge in [-0.3, -0.25) is 0 Å². The molecule has 0 saturated heterocycles. The minimum absolute atomic E-state index is 0.246. The van der Waals surface area contributed by atoms with Gasteiger partial charge in [0.2, 0.25) is 0 Å². The van der Waals surface area contributed by atoms with Crippen LogP contribution in [0, 0.1) is 0 Å². The number of carbonyl (C=O) groups is 1. The van der Waals surface area contributed by atoms with Gasteiger partial charge < -0.3 is 10.0 Å². The second-order valence-corrected chi connectivity index (χ2v) is 4.81. The topological polar surface area (TPSA) is 53.4 Å². The molecule has 0 saturated carbocycles. The highest BCUT2D eigenvalue weighted by Gasteiger charge is 2.16. The summed E-state index contributed by atoms with van der Waals surface area (Å²) < 4.78 is 0. The summed E-state index contributed by atoms with van der Waals surface area (Å²) in [5.74, 6) is -0.413. The minimum Gasteiger partial charge on any atom is -0.478 e. The van der Waals surface area contributed by atoms with Crippen molar-refractivity contribution < 1.29 is 9.90 Å². The molecule has 2 aromatic heterocycles. The Bertz CT molecular complexity index is 526. The van der Waals surface area contributed by atoms with Crippen LogP contribution in [-0.2, 0) is 6.54 Å². The second kappa shape index (κ2) is 5.64. The number of pyridine rings is 1. The standard InChI is InChI=1S/C13H14N2O2S/c1-2-15(9-10-5-4-8-18-10)12-11(13(16)17)6-3-7-14-12/h3-8H,2,9H2,1H3,(H,16,17). The number of nitrogens with zero attached hydrogens (tertiary/aromatic N) is 2. The van der Waals surface area contributed by atoms with Crippen molar-refractivity contribution in [3.8, 4) is 0 Å². The van der Waals surface area contributed by atoms with Gasteiger partial charge in [-0.25, -0.2) is 9.78 Å². The first kappa shape index (κ1) is 12.6. The third kappa shape index (κ3) is 2.68. The smallest absolute Gasteiger partial charge is 0.339 e. The Morgan fingerprint density at radius 1 is 1.44 bits per heavy atom. The van der Waals surface area contributed by atoms with E-state index in [0.717, 1.165) is 6.54 Å². The quantitative estimate of drug-likeness (QED) is 0.900. The zero-order chi connectivity index (χ0) is 13.0. The van der Waals surface area contributed by atoms with E-state index in [-0.39, 0.29) is 5.56 Å². The van der Waals surface area contributed by atoms with E-state index >= 15 is 0 Å². The molecule has 1 N–H and O–H groups in total. The van der Waals surface area contributed by atoms with Gasteiger partial charge in [0.1, 0.15) is 11.4 Å². The molecular weight excluding hydrogens is 248 g/mol. The molecule has 2 aromatic rings. The van der Waals surface area contributed by atoms with Gasteiger partial charge in [-0.15, -0.1) is 11.3 Å². The third-order valence-electron chi connectivity index (χ3n) is 2.63. The minimum atomic E-state index is -0.942. The van der Waals surface area contributed by atoms with Gasteiger partial charge >= 0.3 is 5.97 Å². The summed E-state index contributed by atoms with van der Waals surface area (Å²) in [6.07, 6.45) is 1.62. The average Bonchev–Trinajstić information content (AvgIpc) is 2.88. The Balaban J connectivity index is 2.30. The highest BCUT2D eigenvalue weighted by Crippen LogP contribution is 2.21. The molecular formula is C13H14N2O2S. The van der Waals surface area contributed by atoms with Crippen LogP contribution in [0.2, 0.25) is 0 Å². The summed E-state index contributed by atoms with van der Waals surface area (Å²) in [7, 11) is 0. The Hall–Kier alpha value is -1.88. The Labute approximate surface area is 110 Å². The fraction of sp³-hybridized carbons (Fsp3) is 0.231. The van der Waals surface area contributed by atoms with Crippen LogP contribution in [0.4, 0.5) is 5.82 Å². The monoisotopic (exact) mass is 262 g/mol. The van der Waals surface area contributed by atoms with Crippen LogP contribution < -0.4 is 4.90 Å². The molecule has 0 spiro atoms. The Morgan fingerprint density at radius 3 is 2.89 bits per heavy atom. The van der Waals surface area contributed by atoms with Crippen molar-refractivity contribution in [3.05, 3.63) is 46.3 Å². The number of carboxylic acid groups (broad SMARTS) is 1. The van der Waals surface area contributed by atoms with Gasteiger partial charge in [0.05, 0.1) is 6.54 Å². The SMILES string of the molecule is CCN(Cc1cccs1)c1ncccc1C(=O)O. The number of hydrogen-bond donors (Lipinski definition) is 1. The number of aromatic nitrogens is 1. The van der Waals surface area contributed by atoms with Crippen molar-refractivity contribution >= 4 is 23.1 Å². The molecule has 4 nitrogen and oxygen atoms in total. The molecule has 0 amide bonds. The molecule has 0 radical (unpaired) electrons. The number of carboxylic acids is 1. The fourth-order valence-electron chi connectivity index (χ4n) is 1.74. The zero-order valence-corrected chi connectivity index (χ0v) is 10.9. The predicted molar refractivity (Wildman–Crippen MR) is 72.2 cm³/mol. The lowest BCUT2D eigenvalue weighted by atomic mass is 10.2. The van der Waals surface area contributed by atoms with Crippen molar-refractivity contribution in [2.45, 2.75) is 13.5 Å². The summed E-state index contributed by atoms with van der Waals surface area (Å²) in [6.45, 7) is 3.40. The molecule has 2 heterocycles. The van der Waals surface area contributed by atoms with Crippen LogP contribution in [0.3, 0.4) is 0 Å². The van der Waals surface area contributed by atoms with Crippen LogP contribution in [0.5, 0.6) is 0 Å². The van der Waals surface area contributed by atoms with Crippen molar-refractivity contribution in [3.63, 3.8) is 0 Å². The summed E-state index contributed by atoms with van der Waals surface area (Å²) in [5, 5.41) is 11.2. The van der Waals surface area contributed by atoms with E-state index in [1.54, 1.807) is 29.7 Å². The summed E-state index contributed by atoms with van der Waals surface area (Å²) >= 11 is 1.66. The van der Waals surface area contributed by atoms with Gasteiger partial charge in [-0.05, 0) is 30.5 Å². The highest BCUT2D eigenvalue weighted by molar-refractivity contribution is 7.09. The van der Waals surface area contributed by atoms with E-state index in [1.165, 1.54) is 4.88 Å². The summed E-state index contributed by atoms with van der Waals surface area (Å²) in [6, 6.07) is 7.26. The zero-order valence-electron chi connectivity index (χ0n) is 10.0. The molecule has 0 aliphatic carbocycles. The Kier molecular flexibility index (Phi) is 3.94. The first-order chi connectivity index (χ1) is 8.72. The molecule has 0 atom stereocenters. The van der Waals surface area contributed by atoms with Crippen molar-refractivity contribution in [1.82, 2.24) is 4.98 Å². The number of rotatable bonds is 5. The lowest BCUT2D eigenvalue weighted by Crippen LogP contribution is -2.24. The molecule has 0 unspecified atom stereocenters. The summed E-state index contributed by atoms with van der Waals surface area (Å²) in [5.41, 5.74) is 0.246. The molecule has 18 heavy (non-hydrogen) atoms. The lowest BCUT2D eigenvalue weighted by Gasteiger charge is -2.22. The van der Waals surface area contributed by atoms with Crippen LogP contribution in [0.15, 0.2) is 35.8 Å². The molecule has 94 valence electrons. The van der Waals surface area contributed by atoms with Crippen LogP contribution in [0.25, 0.3) is 0 Å². The van der Waals surface area contributed by atoms with Crippen molar-refractivity contribution in [2.75, 3.05) is 11.4 Å². The first-order valence-electron chi connectivity index (χ1n) is 5.68. The molecule has 0 aliphatic heterocycles. The van der Waals surface area contributed by atoms with E-state index in [2.05, 4.69) is 4.98 Å². The number of anilines is 1. The van der Waals surface area contributed by atoms with Crippen LogP contribution in [-0.4, -0.2) is 22.6 Å². The molecule has 0 bridgehead atoms. The van der Waals surface area contributed by atoms with Crippen molar-refractivity contribution in [1.29, 1.82) is 0 Å². The van der Waals surface area contributed by atoms with Gasteiger partial charge in [0, 0.05) is 17.6 Å². The van der Waals surface area contributed by atoms with E-state index in [0.29, 0.717) is 12.4 Å². The molecule has 2 rings (SSSR count). The maximum Gasteiger partial charge on any atom is 0.339 e.